The summed E-state index contributed by atoms with van der Waals surface area (Å²) in [6.07, 6.45) is -1.83. The Morgan fingerprint density at radius 3 is 2.47 bits per heavy atom. The molecule has 1 aromatic carbocycles. The first-order chi connectivity index (χ1) is 14.8. The van der Waals surface area contributed by atoms with E-state index in [1.807, 2.05) is 0 Å². The van der Waals surface area contributed by atoms with Gasteiger partial charge in [0.2, 0.25) is 5.91 Å². The number of nitrogens with one attached hydrogen (secondary N) is 2. The third-order valence-electron chi connectivity index (χ3n) is 5.84. The molecule has 1 aromatic rings. The molecule has 0 aromatic heterocycles. The van der Waals surface area contributed by atoms with E-state index in [0.717, 1.165) is 51.4 Å². The Bertz CT molecular complexity index is 826. The topological polar surface area (TPSA) is 69.2 Å². The number of guanidine groups is 1. The standard InChI is InChI=1S/C21H28F3N5O2.HI/c1-25-20(29-10-8-28(9-11-29)13-19(30)26-14-6-7-14)27-17-12-16(17)15-4-2-3-5-18(15)31-21(22,23)24;/h2-5,14,16-17H,6-13H2,1H3,(H,25,27)(H,26,30);1H. The molecular weight excluding hydrogens is 538 g/mol. The molecular formula is C21H29F3IN5O2. The molecule has 1 aliphatic heterocycles. The Morgan fingerprint density at radius 1 is 1.16 bits per heavy atom. The number of rotatable bonds is 6. The highest BCUT2D eigenvalue weighted by Crippen LogP contribution is 2.45. The van der Waals surface area contributed by atoms with Crippen molar-refractivity contribution in [1.82, 2.24) is 20.4 Å². The zero-order chi connectivity index (χ0) is 22.0. The first kappa shape index (κ1) is 24.9. The van der Waals surface area contributed by atoms with Gasteiger partial charge >= 0.3 is 6.36 Å². The van der Waals surface area contributed by atoms with Gasteiger partial charge in [0, 0.05) is 51.2 Å². The fourth-order valence-electron chi connectivity index (χ4n) is 3.99. The number of hydrogen-bond acceptors (Lipinski definition) is 4. The third-order valence-corrected chi connectivity index (χ3v) is 5.84. The molecule has 3 aliphatic rings. The zero-order valence-electron chi connectivity index (χ0n) is 17.9. The minimum absolute atomic E-state index is 0. The molecule has 0 spiro atoms. The lowest BCUT2D eigenvalue weighted by Crippen LogP contribution is -2.54. The lowest BCUT2D eigenvalue weighted by atomic mass is 10.1. The third kappa shape index (κ3) is 6.87. The second-order valence-corrected chi connectivity index (χ2v) is 8.33. The van der Waals surface area contributed by atoms with Crippen LogP contribution in [0.4, 0.5) is 13.2 Å². The smallest absolute Gasteiger partial charge is 0.405 e. The van der Waals surface area contributed by atoms with Gasteiger partial charge in [0.05, 0.1) is 6.54 Å². The van der Waals surface area contributed by atoms with Crippen LogP contribution in [0, 0.1) is 0 Å². The van der Waals surface area contributed by atoms with Gasteiger partial charge in [-0.15, -0.1) is 37.1 Å². The Hall–Kier alpha value is -1.76. The van der Waals surface area contributed by atoms with E-state index in [2.05, 4.69) is 30.2 Å². The van der Waals surface area contributed by atoms with Crippen molar-refractivity contribution in [2.24, 2.45) is 4.99 Å². The highest BCUT2D eigenvalue weighted by Gasteiger charge is 2.43. The fourth-order valence-corrected chi connectivity index (χ4v) is 3.99. The summed E-state index contributed by atoms with van der Waals surface area (Å²) in [6.45, 7) is 3.41. The Kier molecular flexibility index (Phi) is 8.12. The first-order valence-electron chi connectivity index (χ1n) is 10.7. The van der Waals surface area contributed by atoms with Crippen LogP contribution in [0.25, 0.3) is 0 Å². The summed E-state index contributed by atoms with van der Waals surface area (Å²) >= 11 is 0. The zero-order valence-corrected chi connectivity index (χ0v) is 20.2. The van der Waals surface area contributed by atoms with Crippen LogP contribution in [0.5, 0.6) is 5.75 Å². The molecule has 1 heterocycles. The molecule has 2 unspecified atom stereocenters. The normalized spacial score (nSPS) is 23.9. The molecule has 0 radical (unpaired) electrons. The molecule has 1 saturated heterocycles. The van der Waals surface area contributed by atoms with Crippen molar-refractivity contribution in [1.29, 1.82) is 0 Å². The van der Waals surface area contributed by atoms with E-state index >= 15 is 0 Å². The van der Waals surface area contributed by atoms with Crippen LogP contribution in [-0.4, -0.2) is 79.9 Å². The number of para-hydroxylation sites is 1. The SMILES string of the molecule is CN=C(NC1CC1c1ccccc1OC(F)(F)F)N1CCN(CC(=O)NC2CC2)CC1.I. The molecule has 7 nitrogen and oxygen atoms in total. The lowest BCUT2D eigenvalue weighted by Gasteiger charge is -2.36. The molecule has 32 heavy (non-hydrogen) atoms. The van der Waals surface area contributed by atoms with E-state index in [9.17, 15) is 18.0 Å². The maximum Gasteiger partial charge on any atom is 0.573 e. The molecule has 178 valence electrons. The average molecular weight is 567 g/mol. The van der Waals surface area contributed by atoms with Crippen molar-refractivity contribution in [3.8, 4) is 5.75 Å². The largest absolute Gasteiger partial charge is 0.573 e. The number of alkyl halides is 3. The first-order valence-corrected chi connectivity index (χ1v) is 10.7. The number of aliphatic imine (C=N–C) groups is 1. The van der Waals surface area contributed by atoms with Gasteiger partial charge in [-0.25, -0.2) is 0 Å². The van der Waals surface area contributed by atoms with Gasteiger partial charge in [-0.1, -0.05) is 18.2 Å². The van der Waals surface area contributed by atoms with Crippen molar-refractivity contribution >= 4 is 35.8 Å². The quantitative estimate of drug-likeness (QED) is 0.315. The number of carbonyl (C=O) groups is 1. The number of halogens is 4. The van der Waals surface area contributed by atoms with Crippen molar-refractivity contribution in [2.75, 3.05) is 39.8 Å². The molecule has 1 amide bonds. The number of carbonyl (C=O) groups excluding carboxylic acids is 1. The lowest BCUT2D eigenvalue weighted by molar-refractivity contribution is -0.274. The maximum absolute atomic E-state index is 12.7. The van der Waals surface area contributed by atoms with Gasteiger partial charge in [-0.05, 0) is 30.9 Å². The summed E-state index contributed by atoms with van der Waals surface area (Å²) in [5.41, 5.74) is 0.555. The Labute approximate surface area is 202 Å². The molecule has 3 fully saturated rings. The number of nitrogens with zero attached hydrogens (tertiary/aromatic N) is 3. The number of ether oxygens (including phenoxy) is 1. The van der Waals surface area contributed by atoms with Crippen LogP contribution in [-0.2, 0) is 4.79 Å². The van der Waals surface area contributed by atoms with Crippen molar-refractivity contribution in [3.63, 3.8) is 0 Å². The second-order valence-electron chi connectivity index (χ2n) is 8.33. The van der Waals surface area contributed by atoms with Gasteiger partial charge in [0.1, 0.15) is 5.75 Å². The van der Waals surface area contributed by atoms with E-state index in [1.54, 1.807) is 25.2 Å². The van der Waals surface area contributed by atoms with Crippen LogP contribution >= 0.6 is 24.0 Å². The minimum Gasteiger partial charge on any atom is -0.405 e. The van der Waals surface area contributed by atoms with Gasteiger partial charge < -0.3 is 20.3 Å². The summed E-state index contributed by atoms with van der Waals surface area (Å²) in [5.74, 6) is 0.628. The van der Waals surface area contributed by atoms with E-state index in [4.69, 9.17) is 0 Å². The highest BCUT2D eigenvalue weighted by molar-refractivity contribution is 14.0. The van der Waals surface area contributed by atoms with Gasteiger partial charge in [-0.2, -0.15) is 0 Å². The van der Waals surface area contributed by atoms with Gasteiger partial charge in [-0.3, -0.25) is 14.7 Å². The molecule has 2 atom stereocenters. The van der Waals surface area contributed by atoms with Crippen LogP contribution in [0.3, 0.4) is 0 Å². The highest BCUT2D eigenvalue weighted by atomic mass is 127. The van der Waals surface area contributed by atoms with Crippen LogP contribution in [0.2, 0.25) is 0 Å². The molecule has 4 rings (SSSR count). The number of amides is 1. The molecule has 2 saturated carbocycles. The monoisotopic (exact) mass is 567 g/mol. The summed E-state index contributed by atoms with van der Waals surface area (Å²) in [7, 11) is 1.70. The molecule has 2 aliphatic carbocycles. The van der Waals surface area contributed by atoms with Gasteiger partial charge in [0.15, 0.2) is 5.96 Å². The van der Waals surface area contributed by atoms with Gasteiger partial charge in [0.25, 0.3) is 0 Å². The number of hydrogen-bond donors (Lipinski definition) is 2. The summed E-state index contributed by atoms with van der Waals surface area (Å²) in [4.78, 5) is 20.6. The number of benzene rings is 1. The predicted molar refractivity (Wildman–Crippen MR) is 125 cm³/mol. The minimum atomic E-state index is -4.71. The molecule has 2 N–H and O–H groups in total. The van der Waals surface area contributed by atoms with Crippen LogP contribution < -0.4 is 15.4 Å². The van der Waals surface area contributed by atoms with Crippen molar-refractivity contribution < 1.29 is 22.7 Å². The second kappa shape index (κ2) is 10.4. The summed E-state index contributed by atoms with van der Waals surface area (Å²) < 4.78 is 42.3. The van der Waals surface area contributed by atoms with E-state index in [1.165, 1.54) is 6.07 Å². The molecule has 11 heteroatoms. The maximum atomic E-state index is 12.7. The Morgan fingerprint density at radius 2 is 1.84 bits per heavy atom. The van der Waals surface area contributed by atoms with E-state index in [-0.39, 0.29) is 47.6 Å². The number of piperazine rings is 1. The van der Waals surface area contributed by atoms with E-state index in [0.29, 0.717) is 18.2 Å². The van der Waals surface area contributed by atoms with Crippen molar-refractivity contribution in [2.45, 2.75) is 43.6 Å². The summed E-state index contributed by atoms with van der Waals surface area (Å²) in [5, 5.41) is 6.39. The van der Waals surface area contributed by atoms with Crippen LogP contribution in [0.15, 0.2) is 29.3 Å². The average Bonchev–Trinajstić information content (AvgIpc) is 3.63. The van der Waals surface area contributed by atoms with E-state index < -0.39 is 6.36 Å². The fraction of sp³-hybridized carbons (Fsp3) is 0.619. The Balaban J connectivity index is 0.00000289. The summed E-state index contributed by atoms with van der Waals surface area (Å²) in [6, 6.07) is 6.68. The predicted octanol–water partition coefficient (Wildman–Crippen LogP) is 2.53. The van der Waals surface area contributed by atoms with Crippen LogP contribution in [0.1, 0.15) is 30.7 Å². The van der Waals surface area contributed by atoms with Crippen molar-refractivity contribution in [3.05, 3.63) is 29.8 Å². The molecule has 0 bridgehead atoms.